The number of nitrogens with one attached hydrogen (secondary N) is 1. The van der Waals surface area contributed by atoms with Crippen molar-refractivity contribution in [1.82, 2.24) is 0 Å². The van der Waals surface area contributed by atoms with Crippen molar-refractivity contribution in [2.24, 2.45) is 0 Å². The van der Waals surface area contributed by atoms with Crippen LogP contribution in [0.1, 0.15) is 0 Å². The lowest BCUT2D eigenvalue weighted by atomic mass is 10.1. The summed E-state index contributed by atoms with van der Waals surface area (Å²) in [6, 6.07) is 16.7. The fraction of sp³-hybridized carbons (Fsp3) is 0.0588. The van der Waals surface area contributed by atoms with Crippen molar-refractivity contribution < 1.29 is 26.9 Å². The Bertz CT molecular complexity index is 791. The van der Waals surface area contributed by atoms with Crippen molar-refractivity contribution in [3.63, 3.8) is 0 Å². The Labute approximate surface area is 134 Å². The lowest BCUT2D eigenvalue weighted by Gasteiger charge is -2.08. The summed E-state index contributed by atoms with van der Waals surface area (Å²) in [6.45, 7) is 0.201. The number of phenols is 1. The number of benzene rings is 2. The summed E-state index contributed by atoms with van der Waals surface area (Å²) < 4.78 is 1.77. The lowest BCUT2D eigenvalue weighted by molar-refractivity contribution is -0.684. The van der Waals surface area contributed by atoms with Crippen molar-refractivity contribution in [1.29, 1.82) is 0 Å². The van der Waals surface area contributed by atoms with Crippen LogP contribution < -0.4 is 22.3 Å². The van der Waals surface area contributed by atoms with E-state index >= 15 is 0 Å². The maximum absolute atomic E-state index is 12.0. The molecule has 0 spiro atoms. The molecule has 0 atom stereocenters. The number of halogens is 1. The molecule has 2 N–H and O–H groups in total. The fourth-order valence-electron chi connectivity index (χ4n) is 2.25. The summed E-state index contributed by atoms with van der Waals surface area (Å²) in [4.78, 5) is 12.0. The highest BCUT2D eigenvalue weighted by Gasteiger charge is 2.12. The van der Waals surface area contributed by atoms with Gasteiger partial charge in [-0.2, -0.15) is 4.57 Å². The Morgan fingerprint density at radius 1 is 1.00 bits per heavy atom. The fourth-order valence-corrected chi connectivity index (χ4v) is 2.25. The van der Waals surface area contributed by atoms with E-state index in [2.05, 4.69) is 5.32 Å². The first-order valence-electron chi connectivity index (χ1n) is 6.69. The van der Waals surface area contributed by atoms with Crippen molar-refractivity contribution >= 4 is 22.4 Å². The zero-order valence-electron chi connectivity index (χ0n) is 11.7. The van der Waals surface area contributed by atoms with Gasteiger partial charge in [-0.05, 0) is 11.5 Å². The second-order valence-corrected chi connectivity index (χ2v) is 4.78. The smallest absolute Gasteiger partial charge is 0.290 e. The molecule has 0 saturated carbocycles. The van der Waals surface area contributed by atoms with E-state index in [0.717, 1.165) is 10.8 Å². The summed E-state index contributed by atoms with van der Waals surface area (Å²) in [6.07, 6.45) is 3.64. The Morgan fingerprint density at radius 3 is 2.50 bits per heavy atom. The largest absolute Gasteiger partial charge is 1.00 e. The Morgan fingerprint density at radius 2 is 1.73 bits per heavy atom. The van der Waals surface area contributed by atoms with Crippen LogP contribution in [0.5, 0.6) is 5.75 Å². The first-order valence-corrected chi connectivity index (χ1v) is 6.69. The molecule has 0 unspecified atom stereocenters. The average Bonchev–Trinajstić information content (AvgIpc) is 2.51. The van der Waals surface area contributed by atoms with Gasteiger partial charge >= 0.3 is 0 Å². The minimum atomic E-state index is -0.184. The molecule has 1 amide bonds. The third kappa shape index (κ3) is 3.35. The number of aromatic hydroxyl groups is 1. The molecule has 4 nitrogen and oxygen atoms in total. The number of pyridine rings is 1. The van der Waals surface area contributed by atoms with Gasteiger partial charge in [0.2, 0.25) is 6.54 Å². The summed E-state index contributed by atoms with van der Waals surface area (Å²) in [5, 5.41) is 14.6. The first-order chi connectivity index (χ1) is 10.2. The number of nitrogens with zero attached hydrogens (tertiary/aromatic N) is 1. The molecule has 0 aliphatic carbocycles. The predicted octanol–water partition coefficient (Wildman–Crippen LogP) is -0.524. The molecule has 5 heteroatoms. The maximum atomic E-state index is 12.0. The summed E-state index contributed by atoms with van der Waals surface area (Å²) in [7, 11) is 0. The molecule has 112 valence electrons. The number of carbonyl (C=O) groups is 1. The molecule has 22 heavy (non-hydrogen) atoms. The highest BCUT2D eigenvalue weighted by atomic mass is 35.5. The van der Waals surface area contributed by atoms with Crippen LogP contribution in [0.4, 0.5) is 5.69 Å². The van der Waals surface area contributed by atoms with Crippen molar-refractivity contribution in [2.75, 3.05) is 5.32 Å². The summed E-state index contributed by atoms with van der Waals surface area (Å²) >= 11 is 0. The number of fused-ring (bicyclic) bond motifs is 1. The number of rotatable bonds is 3. The molecular formula is C17H15ClN2O2. The predicted molar refractivity (Wildman–Crippen MR) is 80.9 cm³/mol. The molecule has 3 rings (SSSR count). The number of anilines is 1. The van der Waals surface area contributed by atoms with Gasteiger partial charge in [-0.1, -0.05) is 36.4 Å². The molecule has 0 aliphatic heterocycles. The number of carbonyl (C=O) groups excluding carboxylic acids is 1. The standard InChI is InChI=1S/C17H14N2O2.ClH/c20-16(12-19-10-4-1-5-11-19)18-15-9-8-13-6-2-3-7-14(13)17(15)21;/h1-11H,12H2,(H-,18,20,21);1H. The second kappa shape index (κ2) is 6.91. The molecular weight excluding hydrogens is 300 g/mol. The molecule has 0 fully saturated rings. The minimum Gasteiger partial charge on any atom is -1.00 e. The second-order valence-electron chi connectivity index (χ2n) is 4.78. The number of hydrogen-bond acceptors (Lipinski definition) is 2. The molecule has 2 aromatic carbocycles. The number of aromatic nitrogens is 1. The van der Waals surface area contributed by atoms with Crippen molar-refractivity contribution in [3.05, 3.63) is 67.0 Å². The third-order valence-corrected chi connectivity index (χ3v) is 3.28. The van der Waals surface area contributed by atoms with Gasteiger partial charge in [0.15, 0.2) is 12.4 Å². The lowest BCUT2D eigenvalue weighted by Crippen LogP contribution is -3.00. The van der Waals surface area contributed by atoms with E-state index in [1.807, 2.05) is 60.9 Å². The van der Waals surface area contributed by atoms with E-state index in [4.69, 9.17) is 0 Å². The van der Waals surface area contributed by atoms with Crippen LogP contribution >= 0.6 is 0 Å². The van der Waals surface area contributed by atoms with Crippen LogP contribution in [0, 0.1) is 0 Å². The van der Waals surface area contributed by atoms with Crippen LogP contribution in [0.3, 0.4) is 0 Å². The van der Waals surface area contributed by atoms with Crippen LogP contribution in [0.15, 0.2) is 67.0 Å². The van der Waals surface area contributed by atoms with E-state index in [1.54, 1.807) is 10.6 Å². The SMILES string of the molecule is O=C(C[n+]1ccccc1)Nc1ccc2ccccc2c1O.[Cl-]. The van der Waals surface area contributed by atoms with E-state index in [1.165, 1.54) is 0 Å². The van der Waals surface area contributed by atoms with Crippen molar-refractivity contribution in [2.45, 2.75) is 6.54 Å². The van der Waals surface area contributed by atoms with E-state index < -0.39 is 0 Å². The van der Waals surface area contributed by atoms with Gasteiger partial charge in [0.25, 0.3) is 5.91 Å². The maximum Gasteiger partial charge on any atom is 0.290 e. The van der Waals surface area contributed by atoms with Crippen LogP contribution in [0.25, 0.3) is 10.8 Å². The average molecular weight is 315 g/mol. The molecule has 3 aromatic rings. The van der Waals surface area contributed by atoms with Gasteiger partial charge in [0.1, 0.15) is 5.75 Å². The zero-order valence-corrected chi connectivity index (χ0v) is 12.5. The molecule has 0 saturated heterocycles. The third-order valence-electron chi connectivity index (χ3n) is 3.28. The number of phenolic OH excluding ortho intramolecular Hbond substituents is 1. The van der Waals surface area contributed by atoms with Gasteiger partial charge in [-0.15, -0.1) is 0 Å². The van der Waals surface area contributed by atoms with Gasteiger partial charge < -0.3 is 22.8 Å². The van der Waals surface area contributed by atoms with E-state index in [0.29, 0.717) is 5.69 Å². The highest BCUT2D eigenvalue weighted by Crippen LogP contribution is 2.32. The number of hydrogen-bond donors (Lipinski definition) is 2. The van der Waals surface area contributed by atoms with Gasteiger partial charge in [-0.25, -0.2) is 0 Å². The first kappa shape index (κ1) is 15.8. The highest BCUT2D eigenvalue weighted by molar-refractivity contribution is 5.98. The summed E-state index contributed by atoms with van der Waals surface area (Å²) in [5.41, 5.74) is 0.426. The van der Waals surface area contributed by atoms with Crippen molar-refractivity contribution in [3.8, 4) is 5.75 Å². The van der Waals surface area contributed by atoms with E-state index in [-0.39, 0.29) is 30.6 Å². The molecule has 0 radical (unpaired) electrons. The minimum absolute atomic E-state index is 0. The van der Waals surface area contributed by atoms with Crippen LogP contribution in [0.2, 0.25) is 0 Å². The molecule has 0 aliphatic rings. The quantitative estimate of drug-likeness (QED) is 0.505. The van der Waals surface area contributed by atoms with Gasteiger partial charge in [0, 0.05) is 17.5 Å². The van der Waals surface area contributed by atoms with E-state index in [9.17, 15) is 9.90 Å². The number of amides is 1. The van der Waals surface area contributed by atoms with Crippen LogP contribution in [-0.4, -0.2) is 11.0 Å². The topological polar surface area (TPSA) is 53.2 Å². The Hall–Kier alpha value is -2.59. The van der Waals surface area contributed by atoms with Crippen LogP contribution in [-0.2, 0) is 11.3 Å². The molecule has 0 bridgehead atoms. The Balaban J connectivity index is 0.00000176. The Kier molecular flexibility index (Phi) is 4.96. The van der Waals surface area contributed by atoms with Gasteiger partial charge in [-0.3, -0.25) is 4.79 Å². The monoisotopic (exact) mass is 314 g/mol. The summed E-state index contributed by atoms with van der Waals surface area (Å²) in [5.74, 6) is -0.0868. The molecule has 1 aromatic heterocycles. The van der Waals surface area contributed by atoms with Gasteiger partial charge in [0.05, 0.1) is 5.69 Å². The molecule has 1 heterocycles. The zero-order chi connectivity index (χ0) is 14.7. The normalized spacial score (nSPS) is 10.0.